The van der Waals surface area contributed by atoms with Crippen molar-refractivity contribution >= 4 is 16.0 Å². The first kappa shape index (κ1) is 16.1. The van der Waals surface area contributed by atoms with E-state index in [1.807, 2.05) is 0 Å². The van der Waals surface area contributed by atoms with Crippen LogP contribution in [0.2, 0.25) is 0 Å². The van der Waals surface area contributed by atoms with Crippen LogP contribution in [0.25, 0.3) is 0 Å². The summed E-state index contributed by atoms with van der Waals surface area (Å²) in [7, 11) is -2.47. The molecule has 0 aliphatic heterocycles. The Kier molecular flexibility index (Phi) is 4.01. The van der Waals surface area contributed by atoms with E-state index in [0.717, 1.165) is 16.8 Å². The summed E-state index contributed by atoms with van der Waals surface area (Å²) >= 11 is 0. The van der Waals surface area contributed by atoms with Gasteiger partial charge in [0, 0.05) is 13.1 Å². The minimum atomic E-state index is -3.93. The number of rotatable bonds is 5. The lowest BCUT2D eigenvalue weighted by atomic mass is 10.1. The second-order valence-electron chi connectivity index (χ2n) is 4.82. The Morgan fingerprint density at radius 1 is 1.29 bits per heavy atom. The van der Waals surface area contributed by atoms with Crippen molar-refractivity contribution in [1.82, 2.24) is 19.9 Å². The van der Waals surface area contributed by atoms with Crippen molar-refractivity contribution in [2.24, 2.45) is 7.05 Å². The van der Waals surface area contributed by atoms with Gasteiger partial charge in [0.05, 0.1) is 12.6 Å². The summed E-state index contributed by atoms with van der Waals surface area (Å²) in [4.78, 5) is 3.84. The van der Waals surface area contributed by atoms with Gasteiger partial charge in [0.2, 0.25) is 5.89 Å². The zero-order valence-corrected chi connectivity index (χ0v) is 13.1. The van der Waals surface area contributed by atoms with E-state index in [2.05, 4.69) is 20.0 Å². The Balaban J connectivity index is 1.77. The molecular weight excluding hydrogens is 344 g/mol. The minimum absolute atomic E-state index is 0.0248. The van der Waals surface area contributed by atoms with Gasteiger partial charge in [0.15, 0.2) is 5.03 Å². The predicted molar refractivity (Wildman–Crippen MR) is 77.5 cm³/mol. The lowest BCUT2D eigenvalue weighted by Gasteiger charge is -2.03. The van der Waals surface area contributed by atoms with Crippen LogP contribution in [-0.2, 0) is 23.5 Å². The van der Waals surface area contributed by atoms with Gasteiger partial charge in [-0.3, -0.25) is 4.68 Å². The third-order valence-corrected chi connectivity index (χ3v) is 4.50. The summed E-state index contributed by atoms with van der Waals surface area (Å²) < 4.78 is 58.9. The molecular formula is C13H11F2N5O3S. The highest BCUT2D eigenvalue weighted by molar-refractivity contribution is 7.92. The molecule has 24 heavy (non-hydrogen) atoms. The number of halogens is 2. The molecule has 0 saturated heterocycles. The third-order valence-electron chi connectivity index (χ3n) is 3.10. The van der Waals surface area contributed by atoms with E-state index in [4.69, 9.17) is 4.52 Å². The standard InChI is InChI=1S/C13H11F2N5O3S/c1-20-12(4-5-16-20)24(21,22)19-13-17-11(23-18-13)6-8-2-3-9(14)7-10(8)15/h2-5,7H,6H2,1H3,(H,18,19). The summed E-state index contributed by atoms with van der Waals surface area (Å²) in [5.41, 5.74) is 0.140. The van der Waals surface area contributed by atoms with Crippen molar-refractivity contribution in [2.75, 3.05) is 4.72 Å². The molecule has 1 aromatic carbocycles. The SMILES string of the molecule is Cn1nccc1S(=O)(=O)Nc1noc(Cc2ccc(F)cc2F)n1. The van der Waals surface area contributed by atoms with Gasteiger partial charge in [-0.1, -0.05) is 6.07 Å². The summed E-state index contributed by atoms with van der Waals surface area (Å²) in [5.74, 6) is -1.78. The minimum Gasteiger partial charge on any atom is -0.337 e. The number of nitrogens with one attached hydrogen (secondary N) is 1. The molecule has 0 aliphatic carbocycles. The number of nitrogens with zero attached hydrogens (tertiary/aromatic N) is 4. The normalized spacial score (nSPS) is 11.6. The second kappa shape index (κ2) is 6.00. The Labute approximate surface area is 135 Å². The zero-order chi connectivity index (χ0) is 17.3. The van der Waals surface area contributed by atoms with Gasteiger partial charge in [0.1, 0.15) is 11.6 Å². The van der Waals surface area contributed by atoms with Gasteiger partial charge in [0.25, 0.3) is 16.0 Å². The molecule has 0 radical (unpaired) electrons. The van der Waals surface area contributed by atoms with Crippen LogP contribution in [0, 0.1) is 11.6 Å². The first-order valence-corrected chi connectivity index (χ1v) is 8.11. The van der Waals surface area contributed by atoms with Crippen molar-refractivity contribution in [3.05, 3.63) is 53.6 Å². The maximum atomic E-state index is 13.6. The van der Waals surface area contributed by atoms with Crippen molar-refractivity contribution in [1.29, 1.82) is 0 Å². The molecule has 8 nitrogen and oxygen atoms in total. The van der Waals surface area contributed by atoms with E-state index in [0.29, 0.717) is 0 Å². The first-order chi connectivity index (χ1) is 11.3. The van der Waals surface area contributed by atoms with Gasteiger partial charge in [-0.2, -0.15) is 18.5 Å². The van der Waals surface area contributed by atoms with Crippen LogP contribution in [0.1, 0.15) is 11.5 Å². The summed E-state index contributed by atoms with van der Waals surface area (Å²) in [6.07, 6.45) is 1.22. The molecule has 11 heteroatoms. The van der Waals surface area contributed by atoms with Crippen LogP contribution < -0.4 is 4.72 Å². The van der Waals surface area contributed by atoms with Gasteiger partial charge < -0.3 is 4.52 Å². The Morgan fingerprint density at radius 2 is 2.08 bits per heavy atom. The molecule has 0 fully saturated rings. The van der Waals surface area contributed by atoms with E-state index < -0.39 is 21.7 Å². The van der Waals surface area contributed by atoms with Crippen LogP contribution in [0.3, 0.4) is 0 Å². The molecule has 2 heterocycles. The van der Waals surface area contributed by atoms with Crippen molar-refractivity contribution in [2.45, 2.75) is 11.4 Å². The fourth-order valence-electron chi connectivity index (χ4n) is 1.99. The molecule has 0 unspecified atom stereocenters. The molecule has 0 saturated carbocycles. The highest BCUT2D eigenvalue weighted by Gasteiger charge is 2.21. The van der Waals surface area contributed by atoms with Gasteiger partial charge >= 0.3 is 0 Å². The molecule has 0 atom stereocenters. The Morgan fingerprint density at radius 3 is 2.75 bits per heavy atom. The number of anilines is 1. The maximum Gasteiger partial charge on any atom is 0.281 e. The fourth-order valence-corrected chi connectivity index (χ4v) is 3.06. The van der Waals surface area contributed by atoms with E-state index >= 15 is 0 Å². The largest absolute Gasteiger partial charge is 0.337 e. The van der Waals surface area contributed by atoms with E-state index in [1.165, 1.54) is 25.4 Å². The van der Waals surface area contributed by atoms with Crippen LogP contribution in [0.5, 0.6) is 0 Å². The average molecular weight is 355 g/mol. The monoisotopic (exact) mass is 355 g/mol. The van der Waals surface area contributed by atoms with Crippen LogP contribution in [0.15, 0.2) is 40.0 Å². The molecule has 126 valence electrons. The summed E-state index contributed by atoms with van der Waals surface area (Å²) in [6, 6.07) is 4.38. The average Bonchev–Trinajstić information content (AvgIpc) is 3.11. The number of hydrogen-bond donors (Lipinski definition) is 1. The quantitative estimate of drug-likeness (QED) is 0.743. The molecule has 0 amide bonds. The highest BCUT2D eigenvalue weighted by Crippen LogP contribution is 2.16. The molecule has 1 N–H and O–H groups in total. The Bertz CT molecular complexity index is 983. The van der Waals surface area contributed by atoms with Gasteiger partial charge in [-0.05, 0) is 22.9 Å². The number of sulfonamides is 1. The Hall–Kier alpha value is -2.82. The first-order valence-electron chi connectivity index (χ1n) is 6.62. The number of hydrogen-bond acceptors (Lipinski definition) is 6. The molecule has 0 spiro atoms. The van der Waals surface area contributed by atoms with Crippen molar-refractivity contribution in [3.63, 3.8) is 0 Å². The molecule has 2 aromatic heterocycles. The molecule has 3 aromatic rings. The highest BCUT2D eigenvalue weighted by atomic mass is 32.2. The number of benzene rings is 1. The predicted octanol–water partition coefficient (Wildman–Crippen LogP) is 1.47. The van der Waals surface area contributed by atoms with Crippen LogP contribution >= 0.6 is 0 Å². The van der Waals surface area contributed by atoms with Crippen LogP contribution in [0.4, 0.5) is 14.7 Å². The van der Waals surface area contributed by atoms with Crippen molar-refractivity contribution < 1.29 is 21.7 Å². The lowest BCUT2D eigenvalue weighted by molar-refractivity contribution is 0.384. The van der Waals surface area contributed by atoms with Crippen molar-refractivity contribution in [3.8, 4) is 0 Å². The fraction of sp³-hybridized carbons (Fsp3) is 0.154. The topological polar surface area (TPSA) is 103 Å². The molecule has 0 bridgehead atoms. The summed E-state index contributed by atoms with van der Waals surface area (Å²) in [6.45, 7) is 0. The lowest BCUT2D eigenvalue weighted by Crippen LogP contribution is -2.17. The second-order valence-corrected chi connectivity index (χ2v) is 6.45. The molecule has 0 aliphatic rings. The van der Waals surface area contributed by atoms with Gasteiger partial charge in [-0.25, -0.2) is 13.5 Å². The van der Waals surface area contributed by atoms with E-state index in [1.54, 1.807) is 0 Å². The number of aryl methyl sites for hydroxylation is 1. The third kappa shape index (κ3) is 3.25. The number of aromatic nitrogens is 4. The van der Waals surface area contributed by atoms with E-state index in [9.17, 15) is 17.2 Å². The molecule has 3 rings (SSSR count). The van der Waals surface area contributed by atoms with Gasteiger partial charge in [-0.15, -0.1) is 0 Å². The summed E-state index contributed by atoms with van der Waals surface area (Å²) in [5, 5.41) is 7.16. The maximum absolute atomic E-state index is 13.6. The zero-order valence-electron chi connectivity index (χ0n) is 12.3. The smallest absolute Gasteiger partial charge is 0.281 e. The van der Waals surface area contributed by atoms with Crippen LogP contribution in [-0.4, -0.2) is 28.3 Å². The van der Waals surface area contributed by atoms with E-state index in [-0.39, 0.29) is 28.8 Å².